The van der Waals surface area contributed by atoms with Crippen LogP contribution in [0.2, 0.25) is 0 Å². The quantitative estimate of drug-likeness (QED) is 0.375. The van der Waals surface area contributed by atoms with E-state index in [1.165, 1.54) is 11.1 Å². The summed E-state index contributed by atoms with van der Waals surface area (Å²) in [6.07, 6.45) is 0.830. The van der Waals surface area contributed by atoms with Crippen LogP contribution in [0.3, 0.4) is 0 Å². The standard InChI is InChI=1S/C24H18F2N4O/c25-17-7-10-21(26)16(11-17)13-27-24(31)28-18-8-5-14(6-9-18)22-20-12-15-3-1-2-4-19(15)23(20)30-29-22/h1-11H,12-13H2,(H,29,30)(H2,27,28,31). The molecule has 0 bridgehead atoms. The minimum Gasteiger partial charge on any atom is -0.334 e. The number of hydrogen-bond acceptors (Lipinski definition) is 2. The number of amides is 2. The second kappa shape index (κ2) is 7.68. The minimum absolute atomic E-state index is 0.0823. The van der Waals surface area contributed by atoms with E-state index in [1.807, 2.05) is 24.3 Å². The predicted molar refractivity (Wildman–Crippen MR) is 114 cm³/mol. The number of H-pyrrole nitrogens is 1. The zero-order chi connectivity index (χ0) is 21.4. The molecule has 1 aliphatic carbocycles. The van der Waals surface area contributed by atoms with Crippen molar-refractivity contribution in [3.8, 4) is 22.5 Å². The number of nitrogens with one attached hydrogen (secondary N) is 3. The maximum atomic E-state index is 13.7. The molecule has 3 aromatic carbocycles. The Hall–Kier alpha value is -4.00. The fraction of sp³-hybridized carbons (Fsp3) is 0.0833. The van der Waals surface area contributed by atoms with E-state index in [-0.39, 0.29) is 12.1 Å². The zero-order valence-electron chi connectivity index (χ0n) is 16.4. The summed E-state index contributed by atoms with van der Waals surface area (Å²) in [4.78, 5) is 12.1. The summed E-state index contributed by atoms with van der Waals surface area (Å²) >= 11 is 0. The average Bonchev–Trinajstić information content (AvgIpc) is 3.34. The van der Waals surface area contributed by atoms with E-state index in [0.717, 1.165) is 47.1 Å². The van der Waals surface area contributed by atoms with Crippen LogP contribution in [0, 0.1) is 11.6 Å². The van der Waals surface area contributed by atoms with Gasteiger partial charge in [0.05, 0.1) is 11.4 Å². The lowest BCUT2D eigenvalue weighted by molar-refractivity contribution is 0.251. The van der Waals surface area contributed by atoms with Gasteiger partial charge in [-0.2, -0.15) is 5.10 Å². The van der Waals surface area contributed by atoms with Gasteiger partial charge < -0.3 is 10.6 Å². The second-order valence-corrected chi connectivity index (χ2v) is 7.38. The second-order valence-electron chi connectivity index (χ2n) is 7.38. The van der Waals surface area contributed by atoms with E-state index < -0.39 is 17.7 Å². The van der Waals surface area contributed by atoms with Crippen molar-refractivity contribution in [3.05, 3.63) is 95.1 Å². The van der Waals surface area contributed by atoms with Crippen molar-refractivity contribution in [1.29, 1.82) is 0 Å². The van der Waals surface area contributed by atoms with Crippen molar-refractivity contribution in [2.45, 2.75) is 13.0 Å². The summed E-state index contributed by atoms with van der Waals surface area (Å²) in [7, 11) is 0. The number of hydrogen-bond donors (Lipinski definition) is 3. The van der Waals surface area contributed by atoms with Crippen LogP contribution in [0.25, 0.3) is 22.5 Å². The molecule has 2 amide bonds. The lowest BCUT2D eigenvalue weighted by atomic mass is 10.1. The molecule has 5 rings (SSSR count). The Morgan fingerprint density at radius 2 is 1.84 bits per heavy atom. The van der Waals surface area contributed by atoms with Gasteiger partial charge in [-0.25, -0.2) is 13.6 Å². The molecule has 0 saturated carbocycles. The molecule has 0 spiro atoms. The predicted octanol–water partition coefficient (Wildman–Crippen LogP) is 5.25. The summed E-state index contributed by atoms with van der Waals surface area (Å²) in [5.74, 6) is -1.12. The Morgan fingerprint density at radius 3 is 2.68 bits per heavy atom. The summed E-state index contributed by atoms with van der Waals surface area (Å²) in [6.45, 7) is -0.118. The van der Waals surface area contributed by atoms with Crippen molar-refractivity contribution in [3.63, 3.8) is 0 Å². The maximum Gasteiger partial charge on any atom is 0.319 e. The topological polar surface area (TPSA) is 69.8 Å². The number of halogens is 2. The van der Waals surface area contributed by atoms with Crippen LogP contribution in [0.1, 0.15) is 16.7 Å². The van der Waals surface area contributed by atoms with Crippen molar-refractivity contribution in [1.82, 2.24) is 15.5 Å². The molecule has 3 N–H and O–H groups in total. The number of urea groups is 1. The highest BCUT2D eigenvalue weighted by atomic mass is 19.1. The first-order chi connectivity index (χ1) is 15.1. The number of benzene rings is 3. The van der Waals surface area contributed by atoms with Gasteiger partial charge >= 0.3 is 6.03 Å². The lowest BCUT2D eigenvalue weighted by Gasteiger charge is -2.09. The molecule has 0 fully saturated rings. The first kappa shape index (κ1) is 19.0. The molecule has 7 heteroatoms. The van der Waals surface area contributed by atoms with Crippen LogP contribution in [-0.2, 0) is 13.0 Å². The van der Waals surface area contributed by atoms with Crippen LogP contribution in [-0.4, -0.2) is 16.2 Å². The van der Waals surface area contributed by atoms with Crippen LogP contribution < -0.4 is 10.6 Å². The molecule has 1 heterocycles. The van der Waals surface area contributed by atoms with Crippen LogP contribution in [0.4, 0.5) is 19.3 Å². The van der Waals surface area contributed by atoms with Gasteiger partial charge in [0.25, 0.3) is 0 Å². The molecular formula is C24H18F2N4O. The fourth-order valence-electron chi connectivity index (χ4n) is 3.85. The molecule has 31 heavy (non-hydrogen) atoms. The van der Waals surface area contributed by atoms with Gasteiger partial charge in [0.1, 0.15) is 11.6 Å². The van der Waals surface area contributed by atoms with Gasteiger partial charge in [-0.05, 0) is 35.9 Å². The molecule has 1 aliphatic rings. The van der Waals surface area contributed by atoms with Gasteiger partial charge in [-0.3, -0.25) is 5.10 Å². The van der Waals surface area contributed by atoms with E-state index in [9.17, 15) is 13.6 Å². The van der Waals surface area contributed by atoms with Gasteiger partial charge in [0, 0.05) is 40.9 Å². The molecule has 1 aromatic heterocycles. The first-order valence-corrected chi connectivity index (χ1v) is 9.83. The largest absolute Gasteiger partial charge is 0.334 e. The molecule has 5 nitrogen and oxygen atoms in total. The Kier molecular flexibility index (Phi) is 4.71. The number of aromatic nitrogens is 2. The van der Waals surface area contributed by atoms with E-state index in [2.05, 4.69) is 33.0 Å². The highest BCUT2D eigenvalue weighted by Crippen LogP contribution is 2.39. The third kappa shape index (κ3) is 3.66. The Labute approximate surface area is 177 Å². The van der Waals surface area contributed by atoms with Crippen molar-refractivity contribution in [2.75, 3.05) is 5.32 Å². The van der Waals surface area contributed by atoms with E-state index in [0.29, 0.717) is 5.69 Å². The molecule has 0 atom stereocenters. The summed E-state index contributed by atoms with van der Waals surface area (Å²) in [5.41, 5.74) is 7.17. The Balaban J connectivity index is 1.26. The number of nitrogens with zero attached hydrogens (tertiary/aromatic N) is 1. The van der Waals surface area contributed by atoms with Gasteiger partial charge in [0.2, 0.25) is 0 Å². The molecule has 0 aliphatic heterocycles. The smallest absolute Gasteiger partial charge is 0.319 e. The number of carbonyl (C=O) groups is 1. The average molecular weight is 416 g/mol. The minimum atomic E-state index is -0.570. The SMILES string of the molecule is O=C(NCc1cc(F)ccc1F)Nc1ccc(-c2n[nH]c3c2Cc2ccccc2-3)cc1. The van der Waals surface area contributed by atoms with Gasteiger partial charge in [-0.1, -0.05) is 36.4 Å². The number of fused-ring (bicyclic) bond motifs is 3. The maximum absolute atomic E-state index is 13.7. The summed E-state index contributed by atoms with van der Waals surface area (Å²) < 4.78 is 26.9. The van der Waals surface area contributed by atoms with Gasteiger partial charge in [-0.15, -0.1) is 0 Å². The number of aromatic amines is 1. The van der Waals surface area contributed by atoms with Crippen molar-refractivity contribution < 1.29 is 13.6 Å². The van der Waals surface area contributed by atoms with E-state index in [4.69, 9.17) is 0 Å². The Bertz CT molecular complexity index is 1280. The highest BCUT2D eigenvalue weighted by Gasteiger charge is 2.24. The normalized spacial score (nSPS) is 11.7. The molecular weight excluding hydrogens is 398 g/mol. The number of rotatable bonds is 4. The summed E-state index contributed by atoms with van der Waals surface area (Å²) in [6, 6.07) is 18.2. The summed E-state index contributed by atoms with van der Waals surface area (Å²) in [5, 5.41) is 12.8. The van der Waals surface area contributed by atoms with Crippen LogP contribution >= 0.6 is 0 Å². The number of anilines is 1. The van der Waals surface area contributed by atoms with E-state index in [1.54, 1.807) is 12.1 Å². The van der Waals surface area contributed by atoms with Crippen LogP contribution in [0.15, 0.2) is 66.7 Å². The molecule has 0 saturated heterocycles. The highest BCUT2D eigenvalue weighted by molar-refractivity contribution is 5.89. The third-order valence-corrected chi connectivity index (χ3v) is 5.38. The molecule has 4 aromatic rings. The van der Waals surface area contributed by atoms with Gasteiger partial charge in [0.15, 0.2) is 0 Å². The zero-order valence-corrected chi connectivity index (χ0v) is 16.4. The monoisotopic (exact) mass is 416 g/mol. The number of carbonyl (C=O) groups excluding carboxylic acids is 1. The van der Waals surface area contributed by atoms with E-state index >= 15 is 0 Å². The first-order valence-electron chi connectivity index (χ1n) is 9.83. The molecule has 0 unspecified atom stereocenters. The van der Waals surface area contributed by atoms with Crippen molar-refractivity contribution in [2.24, 2.45) is 0 Å². The third-order valence-electron chi connectivity index (χ3n) is 5.38. The molecule has 154 valence electrons. The fourth-order valence-corrected chi connectivity index (χ4v) is 3.85. The lowest BCUT2D eigenvalue weighted by Crippen LogP contribution is -2.28. The molecule has 0 radical (unpaired) electrons. The van der Waals surface area contributed by atoms with Crippen LogP contribution in [0.5, 0.6) is 0 Å². The Morgan fingerprint density at radius 1 is 1.03 bits per heavy atom. The van der Waals surface area contributed by atoms with Crippen molar-refractivity contribution >= 4 is 11.7 Å².